The van der Waals surface area contributed by atoms with E-state index in [1.807, 2.05) is 25.7 Å². The van der Waals surface area contributed by atoms with E-state index in [1.54, 1.807) is 0 Å². The number of ether oxygens (including phenoxy) is 2. The zero-order valence-electron chi connectivity index (χ0n) is 22.8. The highest BCUT2D eigenvalue weighted by Crippen LogP contribution is 2.53. The van der Waals surface area contributed by atoms with Crippen molar-refractivity contribution in [2.45, 2.75) is 89.9 Å². The number of alkyl carbamates (subject to hydrolysis) is 1. The number of amides is 3. The summed E-state index contributed by atoms with van der Waals surface area (Å²) in [4.78, 5) is 44.1. The normalized spacial score (nSPS) is 33.5. The van der Waals surface area contributed by atoms with Crippen molar-refractivity contribution in [3.63, 3.8) is 0 Å². The number of piperidine rings is 1. The predicted molar refractivity (Wildman–Crippen MR) is 135 cm³/mol. The Bertz CT molecular complexity index is 836. The molecule has 4 aliphatic rings. The summed E-state index contributed by atoms with van der Waals surface area (Å²) >= 11 is 0. The van der Waals surface area contributed by atoms with E-state index in [2.05, 4.69) is 15.6 Å². The highest BCUT2D eigenvalue weighted by atomic mass is 16.6. The molecular formula is C27H45N3O7. The summed E-state index contributed by atoms with van der Waals surface area (Å²) in [5.74, 6) is -0.173. The molecule has 6 atom stereocenters. The number of hydrogen-bond acceptors (Lipinski definition) is 7. The van der Waals surface area contributed by atoms with Crippen LogP contribution >= 0.6 is 0 Å². The molecule has 0 aromatic heterocycles. The number of aliphatic hydroxyl groups is 1. The SMILES string of the molecule is CONC(=O)C1CCC(C(=O)N2CCC3(CC2)COC2CCC(CNC(=O)OC(C)(C)C)CC23)CC1O. The Balaban J connectivity index is 1.27. The lowest BCUT2D eigenvalue weighted by Crippen LogP contribution is -2.51. The molecule has 4 fully saturated rings. The molecule has 210 valence electrons. The number of nitrogens with one attached hydrogen (secondary N) is 2. The Labute approximate surface area is 220 Å². The van der Waals surface area contributed by atoms with Crippen molar-refractivity contribution in [3.8, 4) is 0 Å². The fraction of sp³-hybridized carbons (Fsp3) is 0.889. The van der Waals surface area contributed by atoms with E-state index in [9.17, 15) is 19.5 Å². The van der Waals surface area contributed by atoms with Gasteiger partial charge in [0.25, 0.3) is 0 Å². The standard InChI is InChI=1S/C27H45N3O7/c1-26(2,3)37-25(34)28-15-17-5-8-22-20(13-17)27(16-36-22)9-11-30(12-10-27)24(33)18-6-7-19(21(31)14-18)23(32)29-35-4/h17-22,31H,5-16H2,1-4H3,(H,28,34)(H,29,32). The van der Waals surface area contributed by atoms with Gasteiger partial charge < -0.3 is 24.8 Å². The monoisotopic (exact) mass is 523 g/mol. The molecule has 0 bridgehead atoms. The van der Waals surface area contributed by atoms with Crippen molar-refractivity contribution in [1.82, 2.24) is 15.7 Å². The molecule has 10 heteroatoms. The minimum Gasteiger partial charge on any atom is -0.444 e. The van der Waals surface area contributed by atoms with Crippen molar-refractivity contribution in [1.29, 1.82) is 0 Å². The number of nitrogens with zero attached hydrogens (tertiary/aromatic N) is 1. The average Bonchev–Trinajstić information content (AvgIpc) is 3.19. The average molecular weight is 524 g/mol. The van der Waals surface area contributed by atoms with Gasteiger partial charge in [0.05, 0.1) is 31.8 Å². The first-order chi connectivity index (χ1) is 17.5. The minimum atomic E-state index is -0.841. The van der Waals surface area contributed by atoms with Crippen LogP contribution in [0.2, 0.25) is 0 Å². The molecule has 0 aromatic rings. The van der Waals surface area contributed by atoms with Crippen LogP contribution in [-0.2, 0) is 23.9 Å². The molecule has 0 aromatic carbocycles. The molecule has 3 N–H and O–H groups in total. The third-order valence-electron chi connectivity index (χ3n) is 8.98. The lowest BCUT2D eigenvalue weighted by Gasteiger charge is -2.46. The van der Waals surface area contributed by atoms with Crippen molar-refractivity contribution >= 4 is 17.9 Å². The van der Waals surface area contributed by atoms with Gasteiger partial charge in [-0.1, -0.05) is 0 Å². The summed E-state index contributed by atoms with van der Waals surface area (Å²) in [5.41, 5.74) is 1.87. The summed E-state index contributed by atoms with van der Waals surface area (Å²) in [7, 11) is 1.37. The molecule has 2 aliphatic heterocycles. The van der Waals surface area contributed by atoms with Gasteiger partial charge in [0, 0.05) is 31.0 Å². The first kappa shape index (κ1) is 28.1. The lowest BCUT2D eigenvalue weighted by atomic mass is 9.63. The number of rotatable bonds is 5. The number of hydroxylamine groups is 1. The van der Waals surface area contributed by atoms with E-state index >= 15 is 0 Å². The minimum absolute atomic E-state index is 0.0848. The molecule has 0 radical (unpaired) electrons. The third kappa shape index (κ3) is 6.57. The summed E-state index contributed by atoms with van der Waals surface area (Å²) in [5, 5.41) is 13.5. The number of carbonyl (C=O) groups is 3. The van der Waals surface area contributed by atoms with E-state index < -0.39 is 17.6 Å². The van der Waals surface area contributed by atoms with Crippen LogP contribution in [0.4, 0.5) is 4.79 Å². The van der Waals surface area contributed by atoms with Crippen molar-refractivity contribution in [2.24, 2.45) is 29.1 Å². The van der Waals surface area contributed by atoms with Gasteiger partial charge in [-0.3, -0.25) is 14.4 Å². The van der Waals surface area contributed by atoms with Gasteiger partial charge in [-0.25, -0.2) is 10.3 Å². The zero-order valence-corrected chi connectivity index (χ0v) is 22.8. The highest BCUT2D eigenvalue weighted by molar-refractivity contribution is 5.81. The van der Waals surface area contributed by atoms with E-state index in [0.717, 1.165) is 38.7 Å². The van der Waals surface area contributed by atoms with E-state index in [0.29, 0.717) is 50.7 Å². The molecule has 6 unspecified atom stereocenters. The fourth-order valence-corrected chi connectivity index (χ4v) is 6.98. The Morgan fingerprint density at radius 2 is 1.81 bits per heavy atom. The fourth-order valence-electron chi connectivity index (χ4n) is 6.98. The van der Waals surface area contributed by atoms with Crippen LogP contribution in [0.1, 0.15) is 72.1 Å². The Morgan fingerprint density at radius 1 is 1.08 bits per heavy atom. The van der Waals surface area contributed by atoms with Gasteiger partial charge in [-0.05, 0) is 84.0 Å². The van der Waals surface area contributed by atoms with Crippen LogP contribution in [0.3, 0.4) is 0 Å². The summed E-state index contributed by atoms with van der Waals surface area (Å²) in [6, 6.07) is 0. The summed E-state index contributed by atoms with van der Waals surface area (Å²) in [6.07, 6.45) is 5.34. The Morgan fingerprint density at radius 3 is 2.46 bits per heavy atom. The topological polar surface area (TPSA) is 126 Å². The van der Waals surface area contributed by atoms with Gasteiger partial charge in [0.15, 0.2) is 0 Å². The highest BCUT2D eigenvalue weighted by Gasteiger charge is 2.53. The Kier molecular flexibility index (Phi) is 8.70. The lowest BCUT2D eigenvalue weighted by molar-refractivity contribution is -0.148. The molecule has 4 rings (SSSR count). The Hall–Kier alpha value is -1.91. The number of likely N-dealkylation sites (tertiary alicyclic amines) is 1. The number of carbonyl (C=O) groups excluding carboxylic acids is 3. The summed E-state index contributed by atoms with van der Waals surface area (Å²) < 4.78 is 11.7. The van der Waals surface area contributed by atoms with Crippen LogP contribution in [0.15, 0.2) is 0 Å². The second kappa shape index (κ2) is 11.5. The molecule has 37 heavy (non-hydrogen) atoms. The molecule has 3 amide bonds. The molecule has 2 aliphatic carbocycles. The molecule has 2 heterocycles. The molecular weight excluding hydrogens is 478 g/mol. The first-order valence-corrected chi connectivity index (χ1v) is 13.9. The second-order valence-corrected chi connectivity index (χ2v) is 12.6. The first-order valence-electron chi connectivity index (χ1n) is 13.9. The maximum absolute atomic E-state index is 13.3. The third-order valence-corrected chi connectivity index (χ3v) is 8.98. The maximum atomic E-state index is 13.3. The maximum Gasteiger partial charge on any atom is 0.407 e. The van der Waals surface area contributed by atoms with Crippen molar-refractivity contribution < 1.29 is 33.8 Å². The van der Waals surface area contributed by atoms with Crippen molar-refractivity contribution in [3.05, 3.63) is 0 Å². The van der Waals surface area contributed by atoms with Gasteiger partial charge in [0.2, 0.25) is 11.8 Å². The molecule has 10 nitrogen and oxygen atoms in total. The quantitative estimate of drug-likeness (QED) is 0.472. The van der Waals surface area contributed by atoms with E-state index in [4.69, 9.17) is 9.47 Å². The zero-order chi connectivity index (χ0) is 26.8. The van der Waals surface area contributed by atoms with Gasteiger partial charge in [-0.2, -0.15) is 0 Å². The molecule has 2 saturated carbocycles. The number of aliphatic hydroxyl groups excluding tert-OH is 1. The van der Waals surface area contributed by atoms with E-state index in [1.165, 1.54) is 7.11 Å². The van der Waals surface area contributed by atoms with Crippen LogP contribution in [-0.4, -0.2) is 79.1 Å². The van der Waals surface area contributed by atoms with E-state index in [-0.39, 0.29) is 35.3 Å². The molecule has 1 spiro atoms. The predicted octanol–water partition coefficient (Wildman–Crippen LogP) is 2.39. The van der Waals surface area contributed by atoms with Crippen LogP contribution in [0, 0.1) is 29.1 Å². The van der Waals surface area contributed by atoms with Gasteiger partial charge in [-0.15, -0.1) is 0 Å². The smallest absolute Gasteiger partial charge is 0.407 e. The van der Waals surface area contributed by atoms with Gasteiger partial charge in [0.1, 0.15) is 5.60 Å². The molecule has 2 saturated heterocycles. The van der Waals surface area contributed by atoms with Crippen LogP contribution in [0.25, 0.3) is 0 Å². The van der Waals surface area contributed by atoms with Crippen molar-refractivity contribution in [2.75, 3.05) is 33.4 Å². The number of fused-ring (bicyclic) bond motifs is 2. The summed E-state index contributed by atoms with van der Waals surface area (Å²) in [6.45, 7) is 8.36. The van der Waals surface area contributed by atoms with Crippen LogP contribution in [0.5, 0.6) is 0 Å². The number of hydrogen-bond donors (Lipinski definition) is 3. The largest absolute Gasteiger partial charge is 0.444 e. The second-order valence-electron chi connectivity index (χ2n) is 12.6. The van der Waals surface area contributed by atoms with Crippen LogP contribution < -0.4 is 10.8 Å². The van der Waals surface area contributed by atoms with Gasteiger partial charge >= 0.3 is 6.09 Å².